The molecular formula is C13H10INOS. The van der Waals surface area contributed by atoms with Crippen LogP contribution in [0.5, 0.6) is 0 Å². The molecule has 4 heteroatoms. The number of anilines is 1. The van der Waals surface area contributed by atoms with Crippen molar-refractivity contribution in [1.82, 2.24) is 0 Å². The monoisotopic (exact) mass is 355 g/mol. The maximum atomic E-state index is 11.8. The van der Waals surface area contributed by atoms with Gasteiger partial charge in [-0.1, -0.05) is 18.2 Å². The minimum Gasteiger partial charge on any atom is -0.399 e. The first-order valence-electron chi connectivity index (χ1n) is 4.98. The highest BCUT2D eigenvalue weighted by Crippen LogP contribution is 2.19. The van der Waals surface area contributed by atoms with Crippen molar-refractivity contribution >= 4 is 51.5 Å². The number of carbonyl (C=O) groups is 1. The maximum Gasteiger partial charge on any atom is 0.195 e. The summed E-state index contributed by atoms with van der Waals surface area (Å²) in [7, 11) is 0. The van der Waals surface area contributed by atoms with E-state index in [4.69, 9.17) is 5.73 Å². The molecule has 0 aliphatic heterocycles. The summed E-state index contributed by atoms with van der Waals surface area (Å²) >= 11 is 3.71. The number of halogens is 1. The molecule has 0 bridgehead atoms. The van der Waals surface area contributed by atoms with E-state index in [9.17, 15) is 4.79 Å². The normalized spacial score (nSPS) is 10.9. The zero-order chi connectivity index (χ0) is 12.3. The molecule has 0 aliphatic carbocycles. The van der Waals surface area contributed by atoms with E-state index in [1.54, 1.807) is 12.2 Å². The van der Waals surface area contributed by atoms with Gasteiger partial charge in [-0.15, -0.1) is 11.3 Å². The third-order valence-corrected chi connectivity index (χ3v) is 4.09. The second-order valence-corrected chi connectivity index (χ2v) is 6.45. The van der Waals surface area contributed by atoms with Crippen molar-refractivity contribution in [2.75, 3.05) is 5.73 Å². The van der Waals surface area contributed by atoms with E-state index >= 15 is 0 Å². The summed E-state index contributed by atoms with van der Waals surface area (Å²) in [6.07, 6.45) is 3.39. The van der Waals surface area contributed by atoms with Gasteiger partial charge in [0.1, 0.15) is 0 Å². The van der Waals surface area contributed by atoms with Crippen LogP contribution in [-0.2, 0) is 0 Å². The maximum absolute atomic E-state index is 11.8. The van der Waals surface area contributed by atoms with Gasteiger partial charge in [-0.3, -0.25) is 4.79 Å². The van der Waals surface area contributed by atoms with Crippen LogP contribution >= 0.6 is 33.9 Å². The smallest absolute Gasteiger partial charge is 0.195 e. The first-order chi connectivity index (χ1) is 8.15. The van der Waals surface area contributed by atoms with Gasteiger partial charge in [0.05, 0.1) is 7.76 Å². The number of ketones is 1. The third-order valence-electron chi connectivity index (χ3n) is 2.18. The molecule has 0 unspecified atom stereocenters. The SMILES string of the molecule is Nc1ccc(/C=C/C(=O)c2ccc(I)s2)cc1. The van der Waals surface area contributed by atoms with Crippen molar-refractivity contribution in [3.63, 3.8) is 0 Å². The average molecular weight is 355 g/mol. The summed E-state index contributed by atoms with van der Waals surface area (Å²) in [4.78, 5) is 12.6. The van der Waals surface area contributed by atoms with Crippen LogP contribution in [0.25, 0.3) is 6.08 Å². The van der Waals surface area contributed by atoms with Gasteiger partial charge in [-0.25, -0.2) is 0 Å². The molecule has 2 nitrogen and oxygen atoms in total. The second kappa shape index (κ2) is 5.46. The molecule has 0 aliphatic rings. The molecule has 0 radical (unpaired) electrons. The Morgan fingerprint density at radius 1 is 1.18 bits per heavy atom. The van der Waals surface area contributed by atoms with Crippen LogP contribution in [0.4, 0.5) is 5.69 Å². The van der Waals surface area contributed by atoms with E-state index in [0.29, 0.717) is 0 Å². The Labute approximate surface area is 117 Å². The molecule has 0 fully saturated rings. The van der Waals surface area contributed by atoms with E-state index in [1.807, 2.05) is 36.4 Å². The molecule has 0 amide bonds. The fraction of sp³-hybridized carbons (Fsp3) is 0. The molecule has 1 aromatic heterocycles. The predicted octanol–water partition coefficient (Wildman–Crippen LogP) is 3.83. The van der Waals surface area contributed by atoms with Gasteiger partial charge >= 0.3 is 0 Å². The fourth-order valence-electron chi connectivity index (χ4n) is 1.31. The molecule has 2 N–H and O–H groups in total. The van der Waals surface area contributed by atoms with Gasteiger partial charge in [-0.05, 0) is 58.5 Å². The van der Waals surface area contributed by atoms with Gasteiger partial charge in [0.2, 0.25) is 0 Å². The Bertz CT molecular complexity index is 557. The Balaban J connectivity index is 2.10. The lowest BCUT2D eigenvalue weighted by Crippen LogP contribution is -1.89. The first kappa shape index (κ1) is 12.3. The fourth-order valence-corrected chi connectivity index (χ4v) is 2.85. The van der Waals surface area contributed by atoms with Gasteiger partial charge in [-0.2, -0.15) is 0 Å². The van der Waals surface area contributed by atoms with Crippen LogP contribution in [0.2, 0.25) is 0 Å². The Hall–Kier alpha value is -1.14. The number of benzene rings is 1. The highest BCUT2D eigenvalue weighted by Gasteiger charge is 2.04. The van der Waals surface area contributed by atoms with Crippen LogP contribution in [-0.4, -0.2) is 5.78 Å². The lowest BCUT2D eigenvalue weighted by atomic mass is 10.2. The van der Waals surface area contributed by atoms with Gasteiger partial charge in [0.25, 0.3) is 0 Å². The Morgan fingerprint density at radius 2 is 1.88 bits per heavy atom. The third kappa shape index (κ3) is 3.41. The van der Waals surface area contributed by atoms with Gasteiger partial charge in [0.15, 0.2) is 5.78 Å². The predicted molar refractivity (Wildman–Crippen MR) is 81.3 cm³/mol. The van der Waals surface area contributed by atoms with E-state index < -0.39 is 0 Å². The molecular weight excluding hydrogens is 345 g/mol. The summed E-state index contributed by atoms with van der Waals surface area (Å²) in [6, 6.07) is 11.2. The Morgan fingerprint density at radius 3 is 2.47 bits per heavy atom. The molecule has 0 saturated heterocycles. The molecule has 0 atom stereocenters. The number of nitrogens with two attached hydrogens (primary N) is 1. The zero-order valence-electron chi connectivity index (χ0n) is 8.89. The summed E-state index contributed by atoms with van der Waals surface area (Å²) in [6.45, 7) is 0. The van der Waals surface area contributed by atoms with E-state index in [0.717, 1.165) is 19.0 Å². The average Bonchev–Trinajstić information content (AvgIpc) is 2.75. The highest BCUT2D eigenvalue weighted by molar-refractivity contribution is 14.1. The number of rotatable bonds is 3. The van der Waals surface area contributed by atoms with E-state index in [-0.39, 0.29) is 5.78 Å². The largest absolute Gasteiger partial charge is 0.399 e. The molecule has 0 saturated carbocycles. The summed E-state index contributed by atoms with van der Waals surface area (Å²) < 4.78 is 1.12. The number of thiophene rings is 1. The lowest BCUT2D eigenvalue weighted by molar-refractivity contribution is 0.105. The number of allylic oxidation sites excluding steroid dienone is 1. The number of nitrogen functional groups attached to an aromatic ring is 1. The van der Waals surface area contributed by atoms with Crippen LogP contribution in [0.3, 0.4) is 0 Å². The van der Waals surface area contributed by atoms with Crippen molar-refractivity contribution in [1.29, 1.82) is 0 Å². The van der Waals surface area contributed by atoms with Gasteiger partial charge < -0.3 is 5.73 Å². The van der Waals surface area contributed by atoms with E-state index in [1.165, 1.54) is 11.3 Å². The highest BCUT2D eigenvalue weighted by atomic mass is 127. The van der Waals surface area contributed by atoms with E-state index in [2.05, 4.69) is 22.6 Å². The molecule has 0 spiro atoms. The van der Waals surface area contributed by atoms with Crippen LogP contribution in [0.1, 0.15) is 15.2 Å². The minimum atomic E-state index is 0.0368. The molecule has 86 valence electrons. The molecule has 1 heterocycles. The quantitative estimate of drug-likeness (QED) is 0.394. The number of hydrogen-bond acceptors (Lipinski definition) is 3. The summed E-state index contributed by atoms with van der Waals surface area (Å²) in [5.41, 5.74) is 7.28. The second-order valence-electron chi connectivity index (χ2n) is 3.47. The van der Waals surface area contributed by atoms with Crippen LogP contribution < -0.4 is 5.73 Å². The van der Waals surface area contributed by atoms with Gasteiger partial charge in [0, 0.05) is 5.69 Å². The molecule has 2 rings (SSSR count). The zero-order valence-corrected chi connectivity index (χ0v) is 11.9. The number of carbonyl (C=O) groups excluding carboxylic acids is 1. The van der Waals surface area contributed by atoms with Crippen LogP contribution in [0, 0.1) is 2.88 Å². The van der Waals surface area contributed by atoms with Crippen molar-refractivity contribution in [3.05, 3.63) is 55.8 Å². The Kier molecular flexibility index (Phi) is 3.96. The van der Waals surface area contributed by atoms with Crippen LogP contribution in [0.15, 0.2) is 42.5 Å². The number of hydrogen-bond donors (Lipinski definition) is 1. The van der Waals surface area contributed by atoms with Crippen molar-refractivity contribution in [2.24, 2.45) is 0 Å². The summed E-state index contributed by atoms with van der Waals surface area (Å²) in [5, 5.41) is 0. The standard InChI is InChI=1S/C13H10INOS/c14-13-8-7-12(17-13)11(16)6-3-9-1-4-10(15)5-2-9/h1-8H,15H2/b6-3+. The lowest BCUT2D eigenvalue weighted by Gasteiger charge is -1.94. The first-order valence-corrected chi connectivity index (χ1v) is 6.88. The van der Waals surface area contributed by atoms with Crippen molar-refractivity contribution in [2.45, 2.75) is 0 Å². The minimum absolute atomic E-state index is 0.0368. The summed E-state index contributed by atoms with van der Waals surface area (Å²) in [5.74, 6) is 0.0368. The topological polar surface area (TPSA) is 43.1 Å². The molecule has 17 heavy (non-hydrogen) atoms. The van der Waals surface area contributed by atoms with Crippen molar-refractivity contribution < 1.29 is 4.79 Å². The molecule has 2 aromatic rings. The van der Waals surface area contributed by atoms with Crippen molar-refractivity contribution in [3.8, 4) is 0 Å². The molecule has 1 aromatic carbocycles.